The van der Waals surface area contributed by atoms with Crippen LogP contribution in [-0.2, 0) is 0 Å². The van der Waals surface area contributed by atoms with Gasteiger partial charge >= 0.3 is 0 Å². The summed E-state index contributed by atoms with van der Waals surface area (Å²) >= 11 is 6.30. The monoisotopic (exact) mass is 379 g/mol. The van der Waals surface area contributed by atoms with Crippen LogP contribution in [-0.4, -0.2) is 26.3 Å². The van der Waals surface area contributed by atoms with Gasteiger partial charge in [0.1, 0.15) is 5.02 Å². The molecule has 6 nitrogen and oxygen atoms in total. The zero-order chi connectivity index (χ0) is 18.8. The summed E-state index contributed by atoms with van der Waals surface area (Å²) in [5.41, 5.74) is 2.89. The number of para-hydroxylation sites is 2. The van der Waals surface area contributed by atoms with E-state index in [1.807, 2.05) is 42.5 Å². The number of rotatable bonds is 5. The predicted molar refractivity (Wildman–Crippen MR) is 108 cm³/mol. The second-order valence-electron chi connectivity index (χ2n) is 6.36. The number of fused-ring (bicyclic) bond motifs is 1. The Morgan fingerprint density at radius 2 is 1.89 bits per heavy atom. The van der Waals surface area contributed by atoms with E-state index < -0.39 is 5.56 Å². The molecule has 2 aromatic heterocycles. The molecule has 0 amide bonds. The van der Waals surface area contributed by atoms with Crippen LogP contribution in [0.2, 0.25) is 5.02 Å². The Morgan fingerprint density at radius 1 is 1.15 bits per heavy atom. The maximum Gasteiger partial charge on any atom is 0.295 e. The minimum Gasteiger partial charge on any atom is -0.382 e. The van der Waals surface area contributed by atoms with Gasteiger partial charge in [0, 0.05) is 6.54 Å². The summed E-state index contributed by atoms with van der Waals surface area (Å²) in [5, 5.41) is 7.53. The van der Waals surface area contributed by atoms with Crippen LogP contribution in [0, 0.1) is 0 Å². The summed E-state index contributed by atoms with van der Waals surface area (Å²) < 4.78 is 1.17. The van der Waals surface area contributed by atoms with Crippen molar-refractivity contribution in [2.75, 3.05) is 11.9 Å². The Kier molecular flexibility index (Phi) is 4.64. The summed E-state index contributed by atoms with van der Waals surface area (Å²) in [4.78, 5) is 20.1. The Balaban J connectivity index is 1.58. The van der Waals surface area contributed by atoms with Gasteiger partial charge in [-0.2, -0.15) is 9.78 Å². The Bertz CT molecular complexity index is 1100. The molecule has 0 aliphatic rings. The lowest BCUT2D eigenvalue weighted by atomic mass is 10.0. The van der Waals surface area contributed by atoms with E-state index in [0.29, 0.717) is 18.2 Å². The van der Waals surface area contributed by atoms with E-state index in [9.17, 15) is 4.79 Å². The van der Waals surface area contributed by atoms with Gasteiger partial charge in [-0.15, -0.1) is 0 Å². The number of aromatic amines is 1. The molecule has 0 bridgehead atoms. The second kappa shape index (κ2) is 7.25. The molecule has 7 heteroatoms. The van der Waals surface area contributed by atoms with Gasteiger partial charge in [0.2, 0.25) is 5.95 Å². The zero-order valence-corrected chi connectivity index (χ0v) is 15.4. The summed E-state index contributed by atoms with van der Waals surface area (Å²) in [6.07, 6.45) is 1.55. The van der Waals surface area contributed by atoms with Gasteiger partial charge in [-0.25, -0.2) is 4.98 Å². The maximum atomic E-state index is 12.6. The quantitative estimate of drug-likeness (QED) is 0.550. The van der Waals surface area contributed by atoms with Crippen molar-refractivity contribution in [2.45, 2.75) is 12.8 Å². The number of nitrogens with zero attached hydrogens (tertiary/aromatic N) is 3. The predicted octanol–water partition coefficient (Wildman–Crippen LogP) is 3.98. The van der Waals surface area contributed by atoms with E-state index in [1.165, 1.54) is 10.2 Å². The number of halogens is 1. The number of nitrogens with one attached hydrogen (secondary N) is 2. The highest BCUT2D eigenvalue weighted by Gasteiger charge is 2.14. The van der Waals surface area contributed by atoms with Crippen molar-refractivity contribution in [3.63, 3.8) is 0 Å². The first-order chi connectivity index (χ1) is 13.1. The fourth-order valence-electron chi connectivity index (χ4n) is 2.91. The molecule has 0 aliphatic heterocycles. The molecular weight excluding hydrogens is 362 g/mol. The highest BCUT2D eigenvalue weighted by atomic mass is 35.5. The third-order valence-corrected chi connectivity index (χ3v) is 4.83. The van der Waals surface area contributed by atoms with Crippen LogP contribution >= 0.6 is 11.6 Å². The van der Waals surface area contributed by atoms with Crippen molar-refractivity contribution in [2.24, 2.45) is 0 Å². The zero-order valence-electron chi connectivity index (χ0n) is 14.7. The fraction of sp³-hybridized carbons (Fsp3) is 0.150. The lowest BCUT2D eigenvalue weighted by Gasteiger charge is -2.14. The summed E-state index contributed by atoms with van der Waals surface area (Å²) in [6.45, 7) is 2.75. The minimum atomic E-state index is -0.423. The van der Waals surface area contributed by atoms with Gasteiger partial charge in [0.15, 0.2) is 0 Å². The van der Waals surface area contributed by atoms with Crippen LogP contribution < -0.4 is 10.9 Å². The summed E-state index contributed by atoms with van der Waals surface area (Å²) in [6, 6.07) is 17.7. The standard InChI is InChI=1S/C20H18ClN5O/c1-13(14-7-3-2-4-8-14)11-22-17-12-23-26(19(27)18(17)21)20-24-15-9-5-6-10-16(15)25-20/h2-10,12-13,22H,11H2,1H3,(H,24,25). The van der Waals surface area contributed by atoms with Crippen LogP contribution in [0.5, 0.6) is 0 Å². The van der Waals surface area contributed by atoms with Crippen molar-refractivity contribution in [1.29, 1.82) is 0 Å². The lowest BCUT2D eigenvalue weighted by Crippen LogP contribution is -2.24. The molecule has 0 saturated carbocycles. The smallest absolute Gasteiger partial charge is 0.295 e. The topological polar surface area (TPSA) is 75.6 Å². The van der Waals surface area contributed by atoms with Crippen molar-refractivity contribution in [3.05, 3.63) is 81.7 Å². The number of hydrogen-bond acceptors (Lipinski definition) is 4. The highest BCUT2D eigenvalue weighted by Crippen LogP contribution is 2.20. The molecule has 136 valence electrons. The van der Waals surface area contributed by atoms with Gasteiger partial charge in [0.05, 0.1) is 22.9 Å². The van der Waals surface area contributed by atoms with E-state index in [2.05, 4.69) is 39.4 Å². The molecule has 0 fully saturated rings. The molecule has 2 heterocycles. The normalized spacial score (nSPS) is 12.2. The number of imidazole rings is 1. The van der Waals surface area contributed by atoms with Crippen molar-refractivity contribution < 1.29 is 0 Å². The van der Waals surface area contributed by atoms with E-state index in [1.54, 1.807) is 6.20 Å². The van der Waals surface area contributed by atoms with E-state index in [0.717, 1.165) is 11.0 Å². The van der Waals surface area contributed by atoms with E-state index in [4.69, 9.17) is 11.6 Å². The van der Waals surface area contributed by atoms with Crippen LogP contribution in [0.25, 0.3) is 17.0 Å². The molecule has 1 unspecified atom stereocenters. The maximum absolute atomic E-state index is 12.6. The average molecular weight is 380 g/mol. The highest BCUT2D eigenvalue weighted by molar-refractivity contribution is 6.32. The first kappa shape index (κ1) is 17.3. The fourth-order valence-corrected chi connectivity index (χ4v) is 3.10. The third-order valence-electron chi connectivity index (χ3n) is 4.46. The Hall–Kier alpha value is -3.12. The minimum absolute atomic E-state index is 0.0886. The number of H-pyrrole nitrogens is 1. The van der Waals surface area contributed by atoms with Crippen molar-refractivity contribution >= 4 is 28.3 Å². The summed E-state index contributed by atoms with van der Waals surface area (Å²) in [7, 11) is 0. The van der Waals surface area contributed by atoms with Crippen LogP contribution in [0.15, 0.2) is 65.6 Å². The number of anilines is 1. The number of aromatic nitrogens is 4. The second-order valence-corrected chi connectivity index (χ2v) is 6.74. The first-order valence-electron chi connectivity index (χ1n) is 8.65. The SMILES string of the molecule is CC(CNc1cnn(-c2nc3ccccc3[nH]2)c(=O)c1Cl)c1ccccc1. The summed E-state index contributed by atoms with van der Waals surface area (Å²) in [5.74, 6) is 0.604. The third kappa shape index (κ3) is 3.44. The van der Waals surface area contributed by atoms with Crippen LogP contribution in [0.3, 0.4) is 0 Å². The van der Waals surface area contributed by atoms with Crippen LogP contribution in [0.1, 0.15) is 18.4 Å². The van der Waals surface area contributed by atoms with Crippen LogP contribution in [0.4, 0.5) is 5.69 Å². The molecule has 0 spiro atoms. The van der Waals surface area contributed by atoms with Gasteiger partial charge in [-0.05, 0) is 23.6 Å². The Labute approximate surface area is 160 Å². The van der Waals surface area contributed by atoms with Crippen molar-refractivity contribution in [3.8, 4) is 5.95 Å². The number of benzene rings is 2. The first-order valence-corrected chi connectivity index (χ1v) is 9.03. The van der Waals surface area contributed by atoms with Gasteiger partial charge in [-0.3, -0.25) is 4.79 Å². The molecule has 4 aromatic rings. The van der Waals surface area contributed by atoms with Gasteiger partial charge < -0.3 is 10.3 Å². The molecule has 1 atom stereocenters. The van der Waals surface area contributed by atoms with E-state index in [-0.39, 0.29) is 10.9 Å². The van der Waals surface area contributed by atoms with Crippen molar-refractivity contribution in [1.82, 2.24) is 19.7 Å². The molecule has 0 saturated heterocycles. The van der Waals surface area contributed by atoms with E-state index >= 15 is 0 Å². The number of hydrogen-bond donors (Lipinski definition) is 2. The van der Waals surface area contributed by atoms with Gasteiger partial charge in [0.25, 0.3) is 5.56 Å². The molecule has 4 rings (SSSR count). The Morgan fingerprint density at radius 3 is 2.67 bits per heavy atom. The molecule has 2 aromatic carbocycles. The lowest BCUT2D eigenvalue weighted by molar-refractivity contribution is 0.761. The van der Waals surface area contributed by atoms with Gasteiger partial charge in [-0.1, -0.05) is 61.0 Å². The molecule has 2 N–H and O–H groups in total. The molecule has 0 radical (unpaired) electrons. The molecule has 0 aliphatic carbocycles. The largest absolute Gasteiger partial charge is 0.382 e. The average Bonchev–Trinajstić information content (AvgIpc) is 3.13. The molecular formula is C20H18ClN5O. The molecule has 27 heavy (non-hydrogen) atoms.